The second-order valence-electron chi connectivity index (χ2n) is 6.20. The summed E-state index contributed by atoms with van der Waals surface area (Å²) in [6, 6.07) is 0. The Morgan fingerprint density at radius 3 is 2.64 bits per heavy atom. The summed E-state index contributed by atoms with van der Waals surface area (Å²) in [5.74, 6) is 2.76. The van der Waals surface area contributed by atoms with Crippen molar-refractivity contribution in [1.82, 2.24) is 25.0 Å². The number of nitrogens with one attached hydrogen (secondary N) is 1. The zero-order valence-corrected chi connectivity index (χ0v) is 18.6. The molecule has 0 bridgehead atoms. The molecular formula is C18H35IN6. The van der Waals surface area contributed by atoms with Crippen LogP contribution in [0.15, 0.2) is 17.6 Å². The van der Waals surface area contributed by atoms with Gasteiger partial charge in [-0.3, -0.25) is 0 Å². The van der Waals surface area contributed by atoms with E-state index in [0.29, 0.717) is 6.54 Å². The molecule has 0 spiro atoms. The molecule has 0 fully saturated rings. The van der Waals surface area contributed by atoms with Crippen LogP contribution < -0.4 is 5.32 Å². The van der Waals surface area contributed by atoms with Crippen molar-refractivity contribution in [2.45, 2.75) is 58.9 Å². The fourth-order valence-electron chi connectivity index (χ4n) is 2.34. The summed E-state index contributed by atoms with van der Waals surface area (Å²) in [5.41, 5.74) is 0. The summed E-state index contributed by atoms with van der Waals surface area (Å²) in [7, 11) is 4.08. The number of aliphatic imine (C=N–C) groups is 1. The minimum atomic E-state index is 0. The highest BCUT2D eigenvalue weighted by Crippen LogP contribution is 2.03. The first-order valence-electron chi connectivity index (χ1n) is 9.05. The van der Waals surface area contributed by atoms with Crippen LogP contribution in [-0.4, -0.2) is 45.8 Å². The molecule has 25 heavy (non-hydrogen) atoms. The first-order valence-corrected chi connectivity index (χ1v) is 9.05. The summed E-state index contributed by atoms with van der Waals surface area (Å²) in [5, 5.41) is 11.8. The molecule has 0 unspecified atom stereocenters. The van der Waals surface area contributed by atoms with Crippen molar-refractivity contribution < 1.29 is 0 Å². The summed E-state index contributed by atoms with van der Waals surface area (Å²) < 4.78 is 1.99. The molecule has 0 aliphatic carbocycles. The monoisotopic (exact) mass is 462 g/mol. The lowest BCUT2D eigenvalue weighted by atomic mass is 10.2. The van der Waals surface area contributed by atoms with Gasteiger partial charge in [-0.05, 0) is 32.6 Å². The van der Waals surface area contributed by atoms with Crippen LogP contribution >= 0.6 is 24.0 Å². The van der Waals surface area contributed by atoms with Crippen LogP contribution in [-0.2, 0) is 13.6 Å². The molecule has 1 rings (SSSR count). The third-order valence-electron chi connectivity index (χ3n) is 4.13. The molecule has 7 heteroatoms. The fourth-order valence-corrected chi connectivity index (χ4v) is 2.34. The predicted octanol–water partition coefficient (Wildman–Crippen LogP) is 3.67. The van der Waals surface area contributed by atoms with Crippen LogP contribution in [0.5, 0.6) is 0 Å². The molecular weight excluding hydrogens is 427 g/mol. The van der Waals surface area contributed by atoms with Crippen LogP contribution in [0.2, 0.25) is 0 Å². The van der Waals surface area contributed by atoms with Crippen molar-refractivity contribution in [3.8, 4) is 0 Å². The van der Waals surface area contributed by atoms with Gasteiger partial charge in [-0.25, -0.2) is 4.99 Å². The molecule has 0 aliphatic heterocycles. The minimum absolute atomic E-state index is 0. The van der Waals surface area contributed by atoms with E-state index in [-0.39, 0.29) is 24.0 Å². The Morgan fingerprint density at radius 2 is 2.04 bits per heavy atom. The molecule has 6 nitrogen and oxygen atoms in total. The average Bonchev–Trinajstić information content (AvgIpc) is 2.89. The van der Waals surface area contributed by atoms with Gasteiger partial charge in [0.15, 0.2) is 11.8 Å². The lowest BCUT2D eigenvalue weighted by Gasteiger charge is -2.22. The molecule has 0 saturated carbocycles. The maximum Gasteiger partial charge on any atom is 0.194 e. The van der Waals surface area contributed by atoms with Crippen LogP contribution in [0.1, 0.15) is 57.1 Å². The van der Waals surface area contributed by atoms with Gasteiger partial charge in [0, 0.05) is 27.2 Å². The van der Waals surface area contributed by atoms with Gasteiger partial charge in [0.1, 0.15) is 12.4 Å². The van der Waals surface area contributed by atoms with Gasteiger partial charge in [-0.15, -0.1) is 40.8 Å². The van der Waals surface area contributed by atoms with E-state index < -0.39 is 0 Å². The Kier molecular flexibility index (Phi) is 13.5. The van der Waals surface area contributed by atoms with E-state index in [9.17, 15) is 0 Å². The zero-order valence-electron chi connectivity index (χ0n) is 16.3. The van der Waals surface area contributed by atoms with E-state index in [4.69, 9.17) is 4.99 Å². The molecule has 144 valence electrons. The smallest absolute Gasteiger partial charge is 0.194 e. The highest BCUT2D eigenvalue weighted by Gasteiger charge is 2.08. The Hall–Kier alpha value is -1.12. The van der Waals surface area contributed by atoms with E-state index in [0.717, 1.165) is 43.5 Å². The van der Waals surface area contributed by atoms with Gasteiger partial charge in [-0.2, -0.15) is 0 Å². The first kappa shape index (κ1) is 23.9. The Morgan fingerprint density at radius 1 is 1.28 bits per heavy atom. The third kappa shape index (κ3) is 9.23. The van der Waals surface area contributed by atoms with Crippen molar-refractivity contribution in [1.29, 1.82) is 0 Å². The van der Waals surface area contributed by atoms with Crippen LogP contribution in [0.3, 0.4) is 0 Å². The number of aromatic nitrogens is 3. The maximum atomic E-state index is 4.75. The second-order valence-corrected chi connectivity index (χ2v) is 6.20. The van der Waals surface area contributed by atoms with Crippen molar-refractivity contribution in [3.05, 3.63) is 24.3 Å². The van der Waals surface area contributed by atoms with Crippen LogP contribution in [0.4, 0.5) is 0 Å². The third-order valence-corrected chi connectivity index (χ3v) is 4.13. The summed E-state index contributed by atoms with van der Waals surface area (Å²) in [6.07, 6.45) is 9.02. The number of aryl methyl sites for hydroxylation is 1. The second kappa shape index (κ2) is 14.1. The van der Waals surface area contributed by atoms with Gasteiger partial charge in [-0.1, -0.05) is 25.8 Å². The van der Waals surface area contributed by atoms with E-state index in [1.807, 2.05) is 24.6 Å². The van der Waals surface area contributed by atoms with E-state index in [2.05, 4.69) is 41.0 Å². The summed E-state index contributed by atoms with van der Waals surface area (Å²) in [6.45, 7) is 10.4. The molecule has 0 radical (unpaired) electrons. The highest BCUT2D eigenvalue weighted by atomic mass is 127. The van der Waals surface area contributed by atoms with Gasteiger partial charge in [0.25, 0.3) is 0 Å². The average molecular weight is 462 g/mol. The highest BCUT2D eigenvalue weighted by molar-refractivity contribution is 14.0. The van der Waals surface area contributed by atoms with Crippen molar-refractivity contribution >= 4 is 29.9 Å². The molecule has 1 heterocycles. The SMILES string of the molecule is C=CCCCCCN(C)C(=NCc1nnc(C)n1C)NCCCC.I. The number of allylic oxidation sites excluding steroid dienone is 1. The Balaban J connectivity index is 0.00000576. The lowest BCUT2D eigenvalue weighted by molar-refractivity contribution is 0.452. The molecule has 0 aromatic carbocycles. The summed E-state index contributed by atoms with van der Waals surface area (Å²) in [4.78, 5) is 6.96. The van der Waals surface area contributed by atoms with Gasteiger partial charge in [0.05, 0.1) is 0 Å². The molecule has 0 aliphatic rings. The lowest BCUT2D eigenvalue weighted by Crippen LogP contribution is -2.40. The molecule has 1 aromatic heterocycles. The minimum Gasteiger partial charge on any atom is -0.356 e. The Labute approximate surface area is 170 Å². The number of guanidine groups is 1. The standard InChI is InChI=1S/C18H34N6.HI/c1-6-8-10-11-12-14-23(4)18(19-13-9-7-2)20-15-17-22-21-16(3)24(17)5;/h6H,1,7-15H2,2-5H3,(H,19,20);1H. The van der Waals surface area contributed by atoms with Crippen molar-refractivity contribution in [3.63, 3.8) is 0 Å². The molecule has 0 amide bonds. The van der Waals surface area contributed by atoms with E-state index in [1.54, 1.807) is 0 Å². The van der Waals surface area contributed by atoms with Crippen LogP contribution in [0, 0.1) is 6.92 Å². The number of hydrogen-bond donors (Lipinski definition) is 1. The largest absolute Gasteiger partial charge is 0.356 e. The topological polar surface area (TPSA) is 58.3 Å². The van der Waals surface area contributed by atoms with Gasteiger partial charge >= 0.3 is 0 Å². The number of hydrogen-bond acceptors (Lipinski definition) is 3. The van der Waals surface area contributed by atoms with Crippen molar-refractivity contribution in [2.75, 3.05) is 20.1 Å². The predicted molar refractivity (Wildman–Crippen MR) is 116 cm³/mol. The number of nitrogens with zero attached hydrogens (tertiary/aromatic N) is 5. The van der Waals surface area contributed by atoms with Gasteiger partial charge in [0.2, 0.25) is 0 Å². The molecule has 1 N–H and O–H groups in total. The summed E-state index contributed by atoms with van der Waals surface area (Å²) >= 11 is 0. The quantitative estimate of drug-likeness (QED) is 0.179. The molecule has 1 aromatic rings. The van der Waals surface area contributed by atoms with Gasteiger partial charge < -0.3 is 14.8 Å². The van der Waals surface area contributed by atoms with Crippen molar-refractivity contribution in [2.24, 2.45) is 12.0 Å². The first-order chi connectivity index (χ1) is 11.6. The normalized spacial score (nSPS) is 11.1. The number of halogens is 1. The Bertz CT molecular complexity index is 512. The van der Waals surface area contributed by atoms with E-state index >= 15 is 0 Å². The fraction of sp³-hybridized carbons (Fsp3) is 0.722. The zero-order chi connectivity index (χ0) is 17.8. The van der Waals surface area contributed by atoms with Crippen LogP contribution in [0.25, 0.3) is 0 Å². The molecule has 0 atom stereocenters. The molecule has 0 saturated heterocycles. The van der Waals surface area contributed by atoms with E-state index in [1.165, 1.54) is 25.7 Å². The maximum absolute atomic E-state index is 4.75. The number of unbranched alkanes of at least 4 members (excludes halogenated alkanes) is 4. The number of rotatable bonds is 11.